The molecule has 0 spiro atoms. The lowest BCUT2D eigenvalue weighted by molar-refractivity contribution is -0.139. The lowest BCUT2D eigenvalue weighted by Gasteiger charge is -2.31. The van der Waals surface area contributed by atoms with Crippen molar-refractivity contribution in [2.24, 2.45) is 7.05 Å². The van der Waals surface area contributed by atoms with Crippen LogP contribution in [-0.2, 0) is 31.0 Å². The van der Waals surface area contributed by atoms with E-state index >= 15 is 0 Å². The third-order valence-electron chi connectivity index (χ3n) is 6.81. The van der Waals surface area contributed by atoms with E-state index < -0.39 is 17.7 Å². The Labute approximate surface area is 196 Å². The number of hydrogen-bond acceptors (Lipinski definition) is 1. The molecule has 1 aliphatic heterocycles. The highest BCUT2D eigenvalue weighted by molar-refractivity contribution is 5.87. The Morgan fingerprint density at radius 2 is 1.59 bits per heavy atom. The molecular weight excluding hydrogens is 437 g/mol. The first-order chi connectivity index (χ1) is 16.3. The van der Waals surface area contributed by atoms with E-state index in [1.807, 2.05) is 60.3 Å². The second kappa shape index (κ2) is 8.67. The first-order valence-electron chi connectivity index (χ1n) is 11.4. The van der Waals surface area contributed by atoms with Crippen molar-refractivity contribution in [2.75, 3.05) is 6.54 Å². The topological polar surface area (TPSA) is 25.2 Å². The summed E-state index contributed by atoms with van der Waals surface area (Å²) in [7, 11) is 1.88. The molecule has 1 unspecified atom stereocenters. The number of aromatic nitrogens is 1. The number of rotatable bonds is 4. The predicted octanol–water partition coefficient (Wildman–Crippen LogP) is 6.30. The molecular formula is C28H25F3N2O. The fourth-order valence-corrected chi connectivity index (χ4v) is 5.11. The summed E-state index contributed by atoms with van der Waals surface area (Å²) in [6.45, 7) is 1.05. The third-order valence-corrected chi connectivity index (χ3v) is 6.81. The zero-order chi connectivity index (χ0) is 23.9. The smallest absolute Gasteiger partial charge is 0.350 e. The van der Waals surface area contributed by atoms with Crippen molar-refractivity contribution in [1.29, 1.82) is 0 Å². The van der Waals surface area contributed by atoms with Crippen molar-refractivity contribution >= 4 is 16.8 Å². The summed E-state index contributed by atoms with van der Waals surface area (Å²) in [6.07, 6.45) is -1.92. The van der Waals surface area contributed by atoms with E-state index in [9.17, 15) is 18.0 Å². The maximum Gasteiger partial charge on any atom is 0.416 e. The van der Waals surface area contributed by atoms with Crippen molar-refractivity contribution in [3.63, 3.8) is 0 Å². The Bertz CT molecular complexity index is 1360. The Kier molecular flexibility index (Phi) is 5.68. The van der Waals surface area contributed by atoms with Crippen LogP contribution in [0.25, 0.3) is 10.9 Å². The zero-order valence-electron chi connectivity index (χ0n) is 18.8. The Hall–Kier alpha value is -3.54. The molecule has 3 aromatic carbocycles. The van der Waals surface area contributed by atoms with Gasteiger partial charge in [-0.05, 0) is 40.8 Å². The second-order valence-corrected chi connectivity index (χ2v) is 8.89. The summed E-state index contributed by atoms with van der Waals surface area (Å²) >= 11 is 0. The number of carbonyl (C=O) groups excluding carboxylic acids is 1. The molecule has 2 heterocycles. The van der Waals surface area contributed by atoms with Gasteiger partial charge in [-0.25, -0.2) is 0 Å². The van der Waals surface area contributed by atoms with Crippen LogP contribution >= 0.6 is 0 Å². The minimum Gasteiger partial charge on any atom is -0.350 e. The number of alkyl halides is 3. The molecule has 0 saturated heterocycles. The molecule has 3 nitrogen and oxygen atoms in total. The van der Waals surface area contributed by atoms with Gasteiger partial charge in [0.2, 0.25) is 5.91 Å². The quantitative estimate of drug-likeness (QED) is 0.349. The number of hydrogen-bond donors (Lipinski definition) is 0. The number of carbonyl (C=O) groups is 1. The zero-order valence-corrected chi connectivity index (χ0v) is 18.8. The third kappa shape index (κ3) is 4.09. The van der Waals surface area contributed by atoms with Gasteiger partial charge in [-0.3, -0.25) is 4.79 Å². The summed E-state index contributed by atoms with van der Waals surface area (Å²) in [5, 5.41) is 0.865. The monoisotopic (exact) mass is 462 g/mol. The molecule has 6 heteroatoms. The Balaban J connectivity index is 1.57. The van der Waals surface area contributed by atoms with Gasteiger partial charge >= 0.3 is 6.18 Å². The van der Waals surface area contributed by atoms with Gasteiger partial charge in [0.05, 0.1) is 5.56 Å². The van der Waals surface area contributed by atoms with Gasteiger partial charge < -0.3 is 9.47 Å². The van der Waals surface area contributed by atoms with Gasteiger partial charge in [0, 0.05) is 49.6 Å². The molecule has 0 N–H and O–H groups in total. The second-order valence-electron chi connectivity index (χ2n) is 8.89. The number of benzene rings is 3. The lowest BCUT2D eigenvalue weighted by Crippen LogP contribution is -2.36. The van der Waals surface area contributed by atoms with Crippen LogP contribution in [0.15, 0.2) is 79.0 Å². The molecule has 5 rings (SSSR count). The van der Waals surface area contributed by atoms with E-state index in [1.165, 1.54) is 17.7 Å². The summed E-state index contributed by atoms with van der Waals surface area (Å²) in [4.78, 5) is 15.3. The van der Waals surface area contributed by atoms with E-state index in [2.05, 4.69) is 6.07 Å². The van der Waals surface area contributed by atoms with Crippen molar-refractivity contribution in [2.45, 2.75) is 31.5 Å². The molecule has 34 heavy (non-hydrogen) atoms. The molecule has 1 atom stereocenters. The van der Waals surface area contributed by atoms with E-state index in [0.717, 1.165) is 34.5 Å². The molecule has 174 valence electrons. The Morgan fingerprint density at radius 3 is 2.38 bits per heavy atom. The highest BCUT2D eigenvalue weighted by Gasteiger charge is 2.37. The summed E-state index contributed by atoms with van der Waals surface area (Å²) in [5.74, 6) is -0.849. The van der Waals surface area contributed by atoms with Crippen molar-refractivity contribution < 1.29 is 18.0 Å². The van der Waals surface area contributed by atoms with E-state index in [4.69, 9.17) is 0 Å². The maximum atomic E-state index is 14.0. The number of para-hydroxylation sites is 1. The van der Waals surface area contributed by atoms with Crippen LogP contribution in [0.5, 0.6) is 0 Å². The first kappa shape index (κ1) is 22.3. The molecule has 0 radical (unpaired) electrons. The fraction of sp³-hybridized carbons (Fsp3) is 0.250. The van der Waals surface area contributed by atoms with Crippen LogP contribution in [0.3, 0.4) is 0 Å². The molecule has 1 aromatic heterocycles. The lowest BCUT2D eigenvalue weighted by atomic mass is 9.84. The average molecular weight is 463 g/mol. The van der Waals surface area contributed by atoms with Gasteiger partial charge in [0.15, 0.2) is 0 Å². The van der Waals surface area contributed by atoms with Crippen LogP contribution in [0.2, 0.25) is 0 Å². The van der Waals surface area contributed by atoms with Crippen molar-refractivity contribution in [3.8, 4) is 0 Å². The Morgan fingerprint density at radius 1 is 0.912 bits per heavy atom. The fourth-order valence-electron chi connectivity index (χ4n) is 5.11. The van der Waals surface area contributed by atoms with Gasteiger partial charge in [0.1, 0.15) is 0 Å². The SMILES string of the molecule is Cn1cc(C(CC(=O)N2CCc3ccccc3C2)c2ccccc2C(F)(F)F)c2ccccc21. The van der Waals surface area contributed by atoms with Gasteiger partial charge in [-0.15, -0.1) is 0 Å². The molecule has 1 amide bonds. The normalized spacial score (nSPS) is 14.8. The highest BCUT2D eigenvalue weighted by atomic mass is 19.4. The maximum absolute atomic E-state index is 14.0. The molecule has 0 aliphatic carbocycles. The molecule has 4 aromatic rings. The van der Waals surface area contributed by atoms with Gasteiger partial charge in [-0.1, -0.05) is 60.7 Å². The van der Waals surface area contributed by atoms with Crippen molar-refractivity contribution in [3.05, 3.63) is 107 Å². The minimum atomic E-state index is -4.51. The number of nitrogens with zero attached hydrogens (tertiary/aromatic N) is 2. The molecule has 0 bridgehead atoms. The summed E-state index contributed by atoms with van der Waals surface area (Å²) < 4.78 is 43.9. The van der Waals surface area contributed by atoms with Gasteiger partial charge in [-0.2, -0.15) is 13.2 Å². The number of fused-ring (bicyclic) bond motifs is 2. The van der Waals surface area contributed by atoms with Gasteiger partial charge in [0.25, 0.3) is 0 Å². The largest absolute Gasteiger partial charge is 0.416 e. The summed E-state index contributed by atoms with van der Waals surface area (Å²) in [6, 6.07) is 21.3. The van der Waals surface area contributed by atoms with Crippen LogP contribution < -0.4 is 0 Å². The number of halogens is 3. The van der Waals surface area contributed by atoms with Crippen LogP contribution in [0.1, 0.15) is 40.2 Å². The minimum absolute atomic E-state index is 0.0245. The van der Waals surface area contributed by atoms with E-state index in [1.54, 1.807) is 11.0 Å². The number of amides is 1. The van der Waals surface area contributed by atoms with Crippen LogP contribution in [0.4, 0.5) is 13.2 Å². The predicted molar refractivity (Wildman–Crippen MR) is 126 cm³/mol. The van der Waals surface area contributed by atoms with E-state index in [-0.39, 0.29) is 17.9 Å². The van der Waals surface area contributed by atoms with E-state index in [0.29, 0.717) is 13.1 Å². The molecule has 0 saturated carbocycles. The molecule has 0 fully saturated rings. The average Bonchev–Trinajstić information content (AvgIpc) is 3.18. The first-order valence-corrected chi connectivity index (χ1v) is 11.4. The molecule has 1 aliphatic rings. The standard InChI is InChI=1S/C28H25F3N2O/c1-32-18-24(22-11-5-7-13-26(22)32)23(21-10-4-6-12-25(21)28(29,30)31)16-27(34)33-15-14-19-8-2-3-9-20(19)17-33/h2-13,18,23H,14-17H2,1H3. The van der Waals surface area contributed by atoms with Crippen LogP contribution in [0, 0.1) is 0 Å². The highest BCUT2D eigenvalue weighted by Crippen LogP contribution is 2.41. The van der Waals surface area contributed by atoms with Crippen molar-refractivity contribution in [1.82, 2.24) is 9.47 Å². The van der Waals surface area contributed by atoms with Crippen LogP contribution in [-0.4, -0.2) is 21.9 Å². The number of aryl methyl sites for hydroxylation is 1. The summed E-state index contributed by atoms with van der Waals surface area (Å²) in [5.41, 5.74) is 3.42.